The first-order valence-corrected chi connectivity index (χ1v) is 9.66. The minimum absolute atomic E-state index is 0.215. The van der Waals surface area contributed by atoms with Crippen LogP contribution in [0.15, 0.2) is 35.7 Å². The van der Waals surface area contributed by atoms with E-state index in [4.69, 9.17) is 9.47 Å². The minimum atomic E-state index is -3.48. The molecule has 2 fully saturated rings. The monoisotopic (exact) mass is 337 g/mol. The normalized spacial score (nSPS) is 24.4. The van der Waals surface area contributed by atoms with Crippen molar-refractivity contribution < 1.29 is 17.9 Å². The predicted molar refractivity (Wildman–Crippen MR) is 89.0 cm³/mol. The molecule has 1 aromatic rings. The van der Waals surface area contributed by atoms with Gasteiger partial charge in [-0.2, -0.15) is 0 Å². The van der Waals surface area contributed by atoms with Gasteiger partial charge in [0, 0.05) is 24.8 Å². The summed E-state index contributed by atoms with van der Waals surface area (Å²) in [4.78, 5) is 0. The maximum atomic E-state index is 12.0. The zero-order valence-electron chi connectivity index (χ0n) is 13.1. The van der Waals surface area contributed by atoms with E-state index in [0.29, 0.717) is 6.61 Å². The quantitative estimate of drug-likeness (QED) is 0.897. The first-order chi connectivity index (χ1) is 11.1. The Balaban J connectivity index is 1.51. The Morgan fingerprint density at radius 2 is 1.91 bits per heavy atom. The molecule has 1 aliphatic carbocycles. The molecule has 6 heteroatoms. The van der Waals surface area contributed by atoms with Crippen molar-refractivity contribution in [2.24, 2.45) is 0 Å². The first kappa shape index (κ1) is 16.6. The van der Waals surface area contributed by atoms with E-state index in [0.717, 1.165) is 31.2 Å². The van der Waals surface area contributed by atoms with E-state index in [-0.39, 0.29) is 12.6 Å². The van der Waals surface area contributed by atoms with Crippen LogP contribution in [0, 0.1) is 0 Å². The molecule has 1 N–H and O–H groups in total. The molecule has 1 heterocycles. The Labute approximate surface area is 137 Å². The molecule has 23 heavy (non-hydrogen) atoms. The van der Waals surface area contributed by atoms with Gasteiger partial charge in [-0.05, 0) is 24.5 Å². The second-order valence-electron chi connectivity index (χ2n) is 6.13. The molecule has 0 aromatic heterocycles. The highest BCUT2D eigenvalue weighted by Gasteiger charge is 2.42. The fourth-order valence-corrected chi connectivity index (χ4v) is 3.91. The number of benzene rings is 1. The molecule has 1 unspecified atom stereocenters. The van der Waals surface area contributed by atoms with E-state index in [1.54, 1.807) is 6.08 Å². The molecular weight excluding hydrogens is 314 g/mol. The van der Waals surface area contributed by atoms with Crippen molar-refractivity contribution in [1.82, 2.24) is 4.72 Å². The van der Waals surface area contributed by atoms with Crippen LogP contribution in [0.3, 0.4) is 0 Å². The van der Waals surface area contributed by atoms with Crippen LogP contribution in [-0.4, -0.2) is 33.5 Å². The average molecular weight is 337 g/mol. The third kappa shape index (κ3) is 4.64. The zero-order chi connectivity index (χ0) is 16.2. The van der Waals surface area contributed by atoms with Crippen LogP contribution >= 0.6 is 0 Å². The highest BCUT2D eigenvalue weighted by molar-refractivity contribution is 7.92. The summed E-state index contributed by atoms with van der Waals surface area (Å²) in [6.07, 6.45) is 6.62. The average Bonchev–Trinajstić information content (AvgIpc) is 2.96. The van der Waals surface area contributed by atoms with Gasteiger partial charge in [0.15, 0.2) is 5.79 Å². The van der Waals surface area contributed by atoms with Crippen LogP contribution in [0.25, 0.3) is 6.08 Å². The van der Waals surface area contributed by atoms with Gasteiger partial charge in [-0.15, -0.1) is 0 Å². The molecule has 3 rings (SSSR count). The molecule has 5 nitrogen and oxygen atoms in total. The Morgan fingerprint density at radius 3 is 2.65 bits per heavy atom. The lowest BCUT2D eigenvalue weighted by Gasteiger charge is -2.31. The topological polar surface area (TPSA) is 64.6 Å². The lowest BCUT2D eigenvalue weighted by molar-refractivity contribution is -0.186. The lowest BCUT2D eigenvalue weighted by atomic mass is 9.94. The van der Waals surface area contributed by atoms with Gasteiger partial charge >= 0.3 is 0 Å². The molecule has 1 aliphatic heterocycles. The number of hydrogen-bond donors (Lipinski definition) is 1. The summed E-state index contributed by atoms with van der Waals surface area (Å²) in [5.41, 5.74) is 0.847. The Morgan fingerprint density at radius 1 is 1.17 bits per heavy atom. The molecule has 1 atom stereocenters. The summed E-state index contributed by atoms with van der Waals surface area (Å²) in [5, 5.41) is 1.19. The maximum Gasteiger partial charge on any atom is 0.233 e. The number of ether oxygens (including phenoxy) is 2. The SMILES string of the molecule is O=S(=O)(C=Cc1ccccc1)NCC1COC2(CCCCC2)O1. The number of rotatable bonds is 5. The highest BCUT2D eigenvalue weighted by atomic mass is 32.2. The maximum absolute atomic E-state index is 12.0. The van der Waals surface area contributed by atoms with Crippen molar-refractivity contribution >= 4 is 16.1 Å². The third-order valence-electron chi connectivity index (χ3n) is 4.28. The molecule has 126 valence electrons. The van der Waals surface area contributed by atoms with Crippen LogP contribution in [0.1, 0.15) is 37.7 Å². The smallest absolute Gasteiger partial charge is 0.233 e. The van der Waals surface area contributed by atoms with E-state index in [1.165, 1.54) is 11.8 Å². The van der Waals surface area contributed by atoms with Crippen LogP contribution in [0.4, 0.5) is 0 Å². The van der Waals surface area contributed by atoms with E-state index < -0.39 is 15.8 Å². The molecule has 0 amide bonds. The number of hydrogen-bond acceptors (Lipinski definition) is 4. The van der Waals surface area contributed by atoms with Crippen LogP contribution in [-0.2, 0) is 19.5 Å². The van der Waals surface area contributed by atoms with Gasteiger partial charge in [0.2, 0.25) is 10.0 Å². The predicted octanol–water partition coefficient (Wildman–Crippen LogP) is 2.65. The minimum Gasteiger partial charge on any atom is -0.347 e. The summed E-state index contributed by atoms with van der Waals surface area (Å²) >= 11 is 0. The van der Waals surface area contributed by atoms with Gasteiger partial charge in [-0.3, -0.25) is 0 Å². The third-order valence-corrected chi connectivity index (χ3v) is 5.34. The fraction of sp³-hybridized carbons (Fsp3) is 0.529. The number of sulfonamides is 1. The summed E-state index contributed by atoms with van der Waals surface area (Å²) in [6, 6.07) is 9.34. The van der Waals surface area contributed by atoms with Gasteiger partial charge < -0.3 is 9.47 Å². The van der Waals surface area contributed by atoms with Gasteiger partial charge in [-0.1, -0.05) is 36.8 Å². The zero-order valence-corrected chi connectivity index (χ0v) is 13.9. The van der Waals surface area contributed by atoms with Crippen molar-refractivity contribution in [3.8, 4) is 0 Å². The summed E-state index contributed by atoms with van der Waals surface area (Å²) in [7, 11) is -3.48. The fourth-order valence-electron chi connectivity index (χ4n) is 3.06. The molecule has 2 aliphatic rings. The van der Waals surface area contributed by atoms with Crippen LogP contribution in [0.2, 0.25) is 0 Å². The van der Waals surface area contributed by atoms with Crippen LogP contribution < -0.4 is 4.72 Å². The summed E-state index contributed by atoms with van der Waals surface area (Å²) < 4.78 is 38.4. The van der Waals surface area contributed by atoms with Gasteiger partial charge in [0.05, 0.1) is 12.7 Å². The molecule has 1 aromatic carbocycles. The van der Waals surface area contributed by atoms with E-state index in [2.05, 4.69) is 4.72 Å². The van der Waals surface area contributed by atoms with Gasteiger partial charge in [-0.25, -0.2) is 13.1 Å². The van der Waals surface area contributed by atoms with E-state index in [1.807, 2.05) is 30.3 Å². The second-order valence-corrected chi connectivity index (χ2v) is 7.78. The molecule has 1 spiro atoms. The standard InChI is InChI=1S/C17H23NO4S/c19-23(20,12-9-15-7-3-1-4-8-15)18-13-16-14-21-17(22-16)10-5-2-6-11-17/h1,3-4,7-9,12,16,18H,2,5-6,10-11,13-14H2. The first-order valence-electron chi connectivity index (χ1n) is 8.12. The van der Waals surface area contributed by atoms with E-state index >= 15 is 0 Å². The van der Waals surface area contributed by atoms with Crippen molar-refractivity contribution in [3.63, 3.8) is 0 Å². The summed E-state index contributed by atoms with van der Waals surface area (Å²) in [5.74, 6) is -0.464. The largest absolute Gasteiger partial charge is 0.347 e. The molecule has 1 saturated carbocycles. The van der Waals surface area contributed by atoms with Crippen molar-refractivity contribution in [3.05, 3.63) is 41.3 Å². The number of nitrogens with one attached hydrogen (secondary N) is 1. The van der Waals surface area contributed by atoms with Gasteiger partial charge in [0.25, 0.3) is 0 Å². The Bertz CT molecular complexity index is 636. The Kier molecular flexibility index (Phi) is 5.16. The van der Waals surface area contributed by atoms with E-state index in [9.17, 15) is 8.42 Å². The Hall–Kier alpha value is -1.21. The second kappa shape index (κ2) is 7.13. The van der Waals surface area contributed by atoms with Crippen LogP contribution in [0.5, 0.6) is 0 Å². The summed E-state index contributed by atoms with van der Waals surface area (Å²) in [6.45, 7) is 0.689. The van der Waals surface area contributed by atoms with Crippen molar-refractivity contribution in [1.29, 1.82) is 0 Å². The molecule has 1 saturated heterocycles. The molecular formula is C17H23NO4S. The van der Waals surface area contributed by atoms with Crippen molar-refractivity contribution in [2.45, 2.75) is 44.0 Å². The highest BCUT2D eigenvalue weighted by Crippen LogP contribution is 2.37. The van der Waals surface area contributed by atoms with Crippen molar-refractivity contribution in [2.75, 3.05) is 13.2 Å². The molecule has 0 bridgehead atoms. The molecule has 0 radical (unpaired) electrons. The lowest BCUT2D eigenvalue weighted by Crippen LogP contribution is -2.36. The van der Waals surface area contributed by atoms with Gasteiger partial charge in [0.1, 0.15) is 0 Å².